The van der Waals surface area contributed by atoms with Gasteiger partial charge in [-0.05, 0) is 65.9 Å². The maximum absolute atomic E-state index is 9.91. The molecular formula is C20H22BrClN4O2. The molecule has 6 nitrogen and oxygen atoms in total. The third-order valence-corrected chi connectivity index (χ3v) is 5.95. The van der Waals surface area contributed by atoms with E-state index in [0.717, 1.165) is 46.4 Å². The first-order chi connectivity index (χ1) is 13.4. The van der Waals surface area contributed by atoms with Gasteiger partial charge in [-0.25, -0.2) is 9.50 Å². The lowest BCUT2D eigenvalue weighted by molar-refractivity contribution is -0.0560. The van der Waals surface area contributed by atoms with E-state index in [1.54, 1.807) is 17.8 Å². The molecule has 1 aliphatic carbocycles. The normalized spacial score (nSPS) is 21.7. The zero-order valence-corrected chi connectivity index (χ0v) is 18.1. The summed E-state index contributed by atoms with van der Waals surface area (Å²) in [6.07, 6.45) is 3.40. The Morgan fingerprint density at radius 1 is 1.39 bits per heavy atom. The van der Waals surface area contributed by atoms with Crippen molar-refractivity contribution >= 4 is 33.2 Å². The molecule has 1 aromatic carbocycles. The van der Waals surface area contributed by atoms with Crippen molar-refractivity contribution in [2.45, 2.75) is 31.9 Å². The van der Waals surface area contributed by atoms with Gasteiger partial charge in [-0.3, -0.25) is 0 Å². The lowest BCUT2D eigenvalue weighted by Crippen LogP contribution is -2.44. The van der Waals surface area contributed by atoms with Crippen molar-refractivity contribution in [1.82, 2.24) is 19.9 Å². The number of fused-ring (bicyclic) bond motifs is 1. The Kier molecular flexibility index (Phi) is 5.35. The molecule has 0 bridgehead atoms. The highest BCUT2D eigenvalue weighted by atomic mass is 79.9. The molecule has 4 rings (SSSR count). The number of rotatable bonds is 6. The van der Waals surface area contributed by atoms with Crippen LogP contribution in [0.1, 0.15) is 25.3 Å². The van der Waals surface area contributed by atoms with Crippen LogP contribution in [0.25, 0.3) is 16.9 Å². The van der Waals surface area contributed by atoms with Crippen LogP contribution in [-0.2, 0) is 6.54 Å². The fourth-order valence-electron chi connectivity index (χ4n) is 3.91. The van der Waals surface area contributed by atoms with Crippen LogP contribution in [0.4, 0.5) is 0 Å². The molecule has 0 aliphatic heterocycles. The van der Waals surface area contributed by atoms with Crippen LogP contribution in [0.2, 0.25) is 5.15 Å². The lowest BCUT2D eigenvalue weighted by atomic mass is 9.72. The predicted molar refractivity (Wildman–Crippen MR) is 113 cm³/mol. The molecular weight excluding hydrogens is 444 g/mol. The largest absolute Gasteiger partial charge is 0.497 e. The molecule has 0 radical (unpaired) electrons. The second-order valence-electron chi connectivity index (χ2n) is 7.62. The zero-order valence-electron chi connectivity index (χ0n) is 15.7. The Morgan fingerprint density at radius 3 is 2.89 bits per heavy atom. The summed E-state index contributed by atoms with van der Waals surface area (Å²) in [5, 5.41) is 18.3. The van der Waals surface area contributed by atoms with Gasteiger partial charge < -0.3 is 15.2 Å². The molecule has 1 saturated carbocycles. The maximum Gasteiger partial charge on any atom is 0.171 e. The zero-order chi connectivity index (χ0) is 19.9. The number of hydrogen-bond donors (Lipinski definition) is 2. The monoisotopic (exact) mass is 464 g/mol. The van der Waals surface area contributed by atoms with E-state index >= 15 is 0 Å². The highest BCUT2D eigenvalue weighted by Crippen LogP contribution is 2.37. The first-order valence-electron chi connectivity index (χ1n) is 9.16. The van der Waals surface area contributed by atoms with Crippen LogP contribution in [0.3, 0.4) is 0 Å². The summed E-state index contributed by atoms with van der Waals surface area (Å²) >= 11 is 9.76. The number of hydrogen-bond acceptors (Lipinski definition) is 5. The van der Waals surface area contributed by atoms with E-state index in [2.05, 4.69) is 37.4 Å². The number of methoxy groups -OCH3 is 1. The smallest absolute Gasteiger partial charge is 0.171 e. The van der Waals surface area contributed by atoms with Gasteiger partial charge in [0.25, 0.3) is 0 Å². The average molecular weight is 466 g/mol. The first kappa shape index (κ1) is 19.6. The molecule has 0 atom stereocenters. The molecule has 148 valence electrons. The molecule has 8 heteroatoms. The van der Waals surface area contributed by atoms with Crippen LogP contribution < -0.4 is 10.1 Å². The van der Waals surface area contributed by atoms with Crippen molar-refractivity contribution < 1.29 is 9.84 Å². The van der Waals surface area contributed by atoms with Crippen LogP contribution in [0, 0.1) is 5.92 Å². The minimum atomic E-state index is -0.496. The molecule has 0 amide bonds. The fraction of sp³-hybridized carbons (Fsp3) is 0.400. The molecule has 2 heterocycles. The number of nitrogens with zero attached hydrogens (tertiary/aromatic N) is 3. The predicted octanol–water partition coefficient (Wildman–Crippen LogP) is 4.07. The Hall–Kier alpha value is -1.67. The van der Waals surface area contributed by atoms with Crippen LogP contribution in [0.5, 0.6) is 5.75 Å². The summed E-state index contributed by atoms with van der Waals surface area (Å²) in [5.74, 6) is 1.28. The maximum atomic E-state index is 9.91. The summed E-state index contributed by atoms with van der Waals surface area (Å²) in [4.78, 5) is 4.36. The van der Waals surface area contributed by atoms with Gasteiger partial charge in [0.15, 0.2) is 5.65 Å². The second kappa shape index (κ2) is 7.63. The molecule has 1 aliphatic rings. The van der Waals surface area contributed by atoms with Crippen molar-refractivity contribution in [1.29, 1.82) is 0 Å². The second-order valence-corrected chi connectivity index (χ2v) is 8.86. The summed E-state index contributed by atoms with van der Waals surface area (Å²) < 4.78 is 8.00. The van der Waals surface area contributed by atoms with Gasteiger partial charge in [0.1, 0.15) is 10.9 Å². The van der Waals surface area contributed by atoms with Crippen molar-refractivity contribution in [2.24, 2.45) is 5.92 Å². The molecule has 0 unspecified atom stereocenters. The topological polar surface area (TPSA) is 71.7 Å². The molecule has 0 spiro atoms. The van der Waals surface area contributed by atoms with Crippen LogP contribution in [-0.4, -0.2) is 39.0 Å². The Bertz CT molecular complexity index is 1010. The fourth-order valence-corrected chi connectivity index (χ4v) is 4.44. The van der Waals surface area contributed by atoms with Gasteiger partial charge in [-0.15, -0.1) is 0 Å². The SMILES string of the molecule is COc1ccc(CNCC2CC(C)(O)C2)c(-c2cc(Cl)nc3c(Br)cnn23)c1. The minimum Gasteiger partial charge on any atom is -0.497 e. The third-order valence-electron chi connectivity index (χ3n) is 5.20. The van der Waals surface area contributed by atoms with Crippen molar-refractivity contribution in [3.63, 3.8) is 0 Å². The highest BCUT2D eigenvalue weighted by molar-refractivity contribution is 9.10. The molecule has 0 saturated heterocycles. The third kappa shape index (κ3) is 3.89. The quantitative estimate of drug-likeness (QED) is 0.537. The van der Waals surface area contributed by atoms with E-state index < -0.39 is 5.60 Å². The van der Waals surface area contributed by atoms with Crippen LogP contribution in [0.15, 0.2) is 34.9 Å². The van der Waals surface area contributed by atoms with Crippen molar-refractivity contribution in [2.75, 3.05) is 13.7 Å². The highest BCUT2D eigenvalue weighted by Gasteiger charge is 2.37. The summed E-state index contributed by atoms with van der Waals surface area (Å²) in [5.41, 5.74) is 3.12. The number of ether oxygens (including phenoxy) is 1. The van der Waals surface area contributed by atoms with Crippen LogP contribution >= 0.6 is 27.5 Å². The molecule has 1 fully saturated rings. The number of nitrogens with one attached hydrogen (secondary N) is 1. The van der Waals surface area contributed by atoms with Crippen molar-refractivity contribution in [3.8, 4) is 17.0 Å². The van der Waals surface area contributed by atoms with Gasteiger partial charge >= 0.3 is 0 Å². The van der Waals surface area contributed by atoms with Gasteiger partial charge in [0, 0.05) is 18.2 Å². The standard InChI is InChI=1S/C20H22BrClN4O2/c1-20(27)7-12(8-20)9-23-10-13-3-4-14(28-2)5-15(13)17-6-18(22)25-19-16(21)11-24-26(17)19/h3-6,11-12,23,27H,7-10H2,1-2H3. The van der Waals surface area contributed by atoms with E-state index in [-0.39, 0.29) is 0 Å². The lowest BCUT2D eigenvalue weighted by Gasteiger charge is -2.41. The van der Waals surface area contributed by atoms with Gasteiger partial charge in [-0.1, -0.05) is 17.7 Å². The summed E-state index contributed by atoms with van der Waals surface area (Å²) in [6, 6.07) is 7.81. The van der Waals surface area contributed by atoms with Gasteiger partial charge in [-0.2, -0.15) is 5.10 Å². The van der Waals surface area contributed by atoms with Crippen molar-refractivity contribution in [3.05, 3.63) is 45.7 Å². The Balaban J connectivity index is 1.64. The van der Waals surface area contributed by atoms with E-state index in [1.165, 1.54) is 0 Å². The average Bonchev–Trinajstić information content (AvgIpc) is 3.00. The van der Waals surface area contributed by atoms with E-state index in [0.29, 0.717) is 23.3 Å². The number of aliphatic hydroxyl groups is 1. The summed E-state index contributed by atoms with van der Waals surface area (Å²) in [7, 11) is 1.65. The minimum absolute atomic E-state index is 0.405. The summed E-state index contributed by atoms with van der Waals surface area (Å²) in [6.45, 7) is 3.47. The Morgan fingerprint density at radius 2 is 2.18 bits per heavy atom. The first-order valence-corrected chi connectivity index (χ1v) is 10.3. The molecule has 2 N–H and O–H groups in total. The molecule has 2 aromatic heterocycles. The van der Waals surface area contributed by atoms with E-state index in [4.69, 9.17) is 16.3 Å². The Labute approximate surface area is 177 Å². The number of aromatic nitrogens is 3. The van der Waals surface area contributed by atoms with Gasteiger partial charge in [0.2, 0.25) is 0 Å². The van der Waals surface area contributed by atoms with E-state index in [1.807, 2.05) is 25.1 Å². The molecule has 3 aromatic rings. The van der Waals surface area contributed by atoms with Gasteiger partial charge in [0.05, 0.1) is 29.1 Å². The molecule has 28 heavy (non-hydrogen) atoms. The number of halogens is 2. The number of benzene rings is 1. The van der Waals surface area contributed by atoms with E-state index in [9.17, 15) is 5.11 Å².